The molecule has 1 unspecified atom stereocenters. The molecular formula is C9H7BrCl2O. The topological polar surface area (TPSA) is 9.23 Å². The summed E-state index contributed by atoms with van der Waals surface area (Å²) in [6.07, 6.45) is 0.924. The van der Waals surface area contributed by atoms with Crippen LogP contribution in [0.1, 0.15) is 16.8 Å². The molecule has 1 nitrogen and oxygen atoms in total. The summed E-state index contributed by atoms with van der Waals surface area (Å²) in [7, 11) is 0. The summed E-state index contributed by atoms with van der Waals surface area (Å²) in [5.41, 5.74) is 0.973. The molecule has 4 heteroatoms. The van der Waals surface area contributed by atoms with Crippen molar-refractivity contribution in [1.82, 2.24) is 0 Å². The number of benzene rings is 1. The molecule has 0 saturated heterocycles. The van der Waals surface area contributed by atoms with Gasteiger partial charge in [0, 0.05) is 15.4 Å². The van der Waals surface area contributed by atoms with Gasteiger partial charge < -0.3 is 4.74 Å². The minimum Gasteiger partial charge on any atom is -0.492 e. The SMILES string of the molecule is Clc1ccc(Cl)c2c1OCCC2Br. The van der Waals surface area contributed by atoms with E-state index in [2.05, 4.69) is 15.9 Å². The molecule has 0 aromatic heterocycles. The van der Waals surface area contributed by atoms with E-state index in [9.17, 15) is 0 Å². The van der Waals surface area contributed by atoms with Gasteiger partial charge in [0.25, 0.3) is 0 Å². The summed E-state index contributed by atoms with van der Waals surface area (Å²) in [5, 5.41) is 1.34. The van der Waals surface area contributed by atoms with Gasteiger partial charge in [-0.15, -0.1) is 0 Å². The predicted molar refractivity (Wildman–Crippen MR) is 58.2 cm³/mol. The molecule has 1 heterocycles. The van der Waals surface area contributed by atoms with Gasteiger partial charge in [-0.05, 0) is 18.6 Å². The second kappa shape index (κ2) is 3.68. The van der Waals surface area contributed by atoms with Crippen molar-refractivity contribution >= 4 is 39.1 Å². The Balaban J connectivity index is 2.60. The number of halogens is 3. The molecule has 0 radical (unpaired) electrons. The van der Waals surface area contributed by atoms with Crippen LogP contribution in [0, 0.1) is 0 Å². The normalized spacial score (nSPS) is 20.7. The van der Waals surface area contributed by atoms with Crippen LogP contribution in [-0.2, 0) is 0 Å². The zero-order valence-corrected chi connectivity index (χ0v) is 9.79. The Labute approximate surface area is 95.1 Å². The van der Waals surface area contributed by atoms with Crippen molar-refractivity contribution in [1.29, 1.82) is 0 Å². The highest BCUT2D eigenvalue weighted by Gasteiger charge is 2.23. The zero-order chi connectivity index (χ0) is 9.42. The largest absolute Gasteiger partial charge is 0.492 e. The molecule has 1 aliphatic heterocycles. The van der Waals surface area contributed by atoms with Crippen LogP contribution in [0.25, 0.3) is 0 Å². The standard InChI is InChI=1S/C9H7BrCl2O/c10-5-3-4-13-9-7(12)2-1-6(11)8(5)9/h1-2,5H,3-4H2. The van der Waals surface area contributed by atoms with Crippen molar-refractivity contribution in [2.75, 3.05) is 6.61 Å². The van der Waals surface area contributed by atoms with Gasteiger partial charge in [0.2, 0.25) is 0 Å². The fourth-order valence-electron chi connectivity index (χ4n) is 1.40. The van der Waals surface area contributed by atoms with E-state index in [-0.39, 0.29) is 4.83 Å². The fourth-order valence-corrected chi connectivity index (χ4v) is 2.67. The highest BCUT2D eigenvalue weighted by Crippen LogP contribution is 2.45. The first-order valence-electron chi connectivity index (χ1n) is 3.95. The quantitative estimate of drug-likeness (QED) is 0.647. The van der Waals surface area contributed by atoms with Gasteiger partial charge in [0.15, 0.2) is 0 Å². The second-order valence-electron chi connectivity index (χ2n) is 2.88. The minimum atomic E-state index is 0.252. The Bertz CT molecular complexity index is 341. The van der Waals surface area contributed by atoms with Crippen molar-refractivity contribution in [2.24, 2.45) is 0 Å². The van der Waals surface area contributed by atoms with Crippen LogP contribution in [0.15, 0.2) is 12.1 Å². The summed E-state index contributed by atoms with van der Waals surface area (Å²) in [4.78, 5) is 0.252. The molecule has 0 fully saturated rings. The second-order valence-corrected chi connectivity index (χ2v) is 4.80. The fraction of sp³-hybridized carbons (Fsp3) is 0.333. The Morgan fingerprint density at radius 2 is 2.00 bits per heavy atom. The van der Waals surface area contributed by atoms with Crippen LogP contribution < -0.4 is 4.74 Å². The number of rotatable bonds is 0. The molecule has 13 heavy (non-hydrogen) atoms. The molecule has 0 saturated carbocycles. The summed E-state index contributed by atoms with van der Waals surface area (Å²) in [6, 6.07) is 3.55. The summed E-state index contributed by atoms with van der Waals surface area (Å²) >= 11 is 15.6. The van der Waals surface area contributed by atoms with Crippen LogP contribution in [0.3, 0.4) is 0 Å². The van der Waals surface area contributed by atoms with Gasteiger partial charge in [-0.2, -0.15) is 0 Å². The number of hydrogen-bond donors (Lipinski definition) is 0. The van der Waals surface area contributed by atoms with Crippen molar-refractivity contribution in [3.63, 3.8) is 0 Å². The van der Waals surface area contributed by atoms with E-state index in [0.717, 1.165) is 17.7 Å². The summed E-state index contributed by atoms with van der Waals surface area (Å²) < 4.78 is 5.46. The predicted octanol–water partition coefficient (Wildman–Crippen LogP) is 4.21. The first-order chi connectivity index (χ1) is 6.20. The Morgan fingerprint density at radius 1 is 1.31 bits per heavy atom. The van der Waals surface area contributed by atoms with Crippen LogP contribution in [-0.4, -0.2) is 6.61 Å². The average molecular weight is 282 g/mol. The van der Waals surface area contributed by atoms with E-state index in [0.29, 0.717) is 16.7 Å². The van der Waals surface area contributed by atoms with Crippen molar-refractivity contribution in [2.45, 2.75) is 11.2 Å². The minimum absolute atomic E-state index is 0.252. The molecule has 1 atom stereocenters. The van der Waals surface area contributed by atoms with E-state index in [4.69, 9.17) is 27.9 Å². The maximum Gasteiger partial charge on any atom is 0.143 e. The van der Waals surface area contributed by atoms with Gasteiger partial charge >= 0.3 is 0 Å². The van der Waals surface area contributed by atoms with E-state index < -0.39 is 0 Å². The van der Waals surface area contributed by atoms with Gasteiger partial charge in [-0.3, -0.25) is 0 Å². The molecular weight excluding hydrogens is 275 g/mol. The number of alkyl halides is 1. The zero-order valence-electron chi connectivity index (χ0n) is 6.69. The Morgan fingerprint density at radius 3 is 2.69 bits per heavy atom. The maximum atomic E-state index is 6.04. The molecule has 0 N–H and O–H groups in total. The maximum absolute atomic E-state index is 6.04. The summed E-state index contributed by atoms with van der Waals surface area (Å²) in [5.74, 6) is 0.724. The smallest absolute Gasteiger partial charge is 0.143 e. The molecule has 2 rings (SSSR count). The van der Waals surface area contributed by atoms with Crippen LogP contribution in [0.4, 0.5) is 0 Å². The average Bonchev–Trinajstić information content (AvgIpc) is 2.12. The van der Waals surface area contributed by atoms with Crippen molar-refractivity contribution in [3.05, 3.63) is 27.7 Å². The molecule has 0 aliphatic carbocycles. The van der Waals surface area contributed by atoms with Gasteiger partial charge in [0.05, 0.1) is 11.6 Å². The number of fused-ring (bicyclic) bond motifs is 1. The molecule has 1 aromatic carbocycles. The third kappa shape index (κ3) is 1.67. The number of hydrogen-bond acceptors (Lipinski definition) is 1. The summed E-state index contributed by atoms with van der Waals surface area (Å²) in [6.45, 7) is 0.684. The lowest BCUT2D eigenvalue weighted by Crippen LogP contribution is -2.11. The van der Waals surface area contributed by atoms with Gasteiger partial charge in [-0.1, -0.05) is 39.1 Å². The van der Waals surface area contributed by atoms with Crippen molar-refractivity contribution < 1.29 is 4.74 Å². The van der Waals surface area contributed by atoms with Crippen LogP contribution in [0.2, 0.25) is 10.0 Å². The highest BCUT2D eigenvalue weighted by molar-refractivity contribution is 9.09. The van der Waals surface area contributed by atoms with E-state index in [1.165, 1.54) is 0 Å². The molecule has 0 amide bonds. The third-order valence-corrected chi connectivity index (χ3v) is 3.57. The van der Waals surface area contributed by atoms with Gasteiger partial charge in [-0.25, -0.2) is 0 Å². The van der Waals surface area contributed by atoms with Crippen LogP contribution in [0.5, 0.6) is 5.75 Å². The van der Waals surface area contributed by atoms with Crippen molar-refractivity contribution in [3.8, 4) is 5.75 Å². The lowest BCUT2D eigenvalue weighted by Gasteiger charge is -2.23. The molecule has 0 spiro atoms. The monoisotopic (exact) mass is 280 g/mol. The first-order valence-corrected chi connectivity index (χ1v) is 5.62. The molecule has 1 aliphatic rings. The molecule has 70 valence electrons. The van der Waals surface area contributed by atoms with Crippen LogP contribution >= 0.6 is 39.1 Å². The van der Waals surface area contributed by atoms with E-state index in [1.54, 1.807) is 12.1 Å². The van der Waals surface area contributed by atoms with Gasteiger partial charge in [0.1, 0.15) is 5.75 Å². The lowest BCUT2D eigenvalue weighted by atomic mass is 10.1. The lowest BCUT2D eigenvalue weighted by molar-refractivity contribution is 0.288. The third-order valence-electron chi connectivity index (χ3n) is 2.03. The Hall–Kier alpha value is 0.0800. The highest BCUT2D eigenvalue weighted by atomic mass is 79.9. The van der Waals surface area contributed by atoms with E-state index >= 15 is 0 Å². The Kier molecular flexibility index (Phi) is 2.72. The molecule has 0 bridgehead atoms. The van der Waals surface area contributed by atoms with E-state index in [1.807, 2.05) is 0 Å². The first kappa shape index (κ1) is 9.63. The number of ether oxygens (including phenoxy) is 1. The molecule has 1 aromatic rings.